The summed E-state index contributed by atoms with van der Waals surface area (Å²) < 4.78 is 6.25. The summed E-state index contributed by atoms with van der Waals surface area (Å²) in [5, 5.41) is 10.8. The highest BCUT2D eigenvalue weighted by molar-refractivity contribution is 6.74. The molecule has 25 heavy (non-hydrogen) atoms. The third-order valence-corrected chi connectivity index (χ3v) is 9.59. The largest absolute Gasteiger partial charge is 0.508 e. The fourth-order valence-corrected chi connectivity index (χ4v) is 3.37. The molecule has 0 aliphatic carbocycles. The lowest BCUT2D eigenvalue weighted by atomic mass is 10.2. The lowest BCUT2D eigenvalue weighted by Crippen LogP contribution is -2.40. The van der Waals surface area contributed by atoms with Crippen LogP contribution in [0.5, 0.6) is 5.75 Å². The second-order valence-electron chi connectivity index (χ2n) is 8.06. The van der Waals surface area contributed by atoms with Crippen LogP contribution in [0.25, 0.3) is 22.3 Å². The minimum absolute atomic E-state index is 0.205. The van der Waals surface area contributed by atoms with Gasteiger partial charge in [-0.2, -0.15) is 0 Å². The van der Waals surface area contributed by atoms with Crippen molar-refractivity contribution >= 4 is 19.2 Å². The minimum atomic E-state index is -1.75. The van der Waals surface area contributed by atoms with E-state index in [2.05, 4.69) is 49.9 Å². The van der Waals surface area contributed by atoms with E-state index in [-0.39, 0.29) is 10.8 Å². The number of fused-ring (bicyclic) bond motifs is 1. The molecular weight excluding hydrogens is 328 g/mol. The van der Waals surface area contributed by atoms with Gasteiger partial charge in [-0.25, -0.2) is 0 Å². The van der Waals surface area contributed by atoms with Crippen LogP contribution in [0.2, 0.25) is 18.1 Å². The Hall–Kier alpha value is -2.11. The van der Waals surface area contributed by atoms with Gasteiger partial charge in [0.25, 0.3) is 0 Å². The second kappa shape index (κ2) is 6.31. The van der Waals surface area contributed by atoms with Crippen LogP contribution in [-0.2, 0) is 11.0 Å². The van der Waals surface area contributed by atoms with Gasteiger partial charge < -0.3 is 14.5 Å². The quantitative estimate of drug-likeness (QED) is 0.612. The number of aromatic nitrogens is 2. The molecule has 2 aromatic heterocycles. The summed E-state index contributed by atoms with van der Waals surface area (Å²) in [6, 6.07) is 11.4. The molecule has 0 saturated carbocycles. The van der Waals surface area contributed by atoms with Gasteiger partial charge >= 0.3 is 0 Å². The zero-order chi connectivity index (χ0) is 18.2. The maximum absolute atomic E-state index is 9.59. The molecule has 0 fully saturated rings. The van der Waals surface area contributed by atoms with Crippen LogP contribution < -0.4 is 0 Å². The highest BCUT2D eigenvalue weighted by Gasteiger charge is 2.37. The van der Waals surface area contributed by atoms with Gasteiger partial charge in [0.1, 0.15) is 5.75 Å². The molecular formula is C20H26N2O2Si. The van der Waals surface area contributed by atoms with Gasteiger partial charge in [-0.05, 0) is 54.0 Å². The number of benzene rings is 1. The molecule has 1 aromatic carbocycles. The Bertz CT molecular complexity index is 877. The lowest BCUT2D eigenvalue weighted by Gasteiger charge is -2.36. The Labute approximate surface area is 150 Å². The number of nitrogens with zero attached hydrogens (tertiary/aromatic N) is 1. The number of rotatable bonds is 4. The molecule has 0 spiro atoms. The maximum Gasteiger partial charge on any atom is 0.192 e. The molecule has 5 heteroatoms. The first kappa shape index (κ1) is 17.7. The number of aromatic hydroxyl groups is 1. The summed E-state index contributed by atoms with van der Waals surface area (Å²) in [5.74, 6) is 0.268. The highest BCUT2D eigenvalue weighted by Crippen LogP contribution is 2.37. The summed E-state index contributed by atoms with van der Waals surface area (Å²) in [6.45, 7) is 11.9. The van der Waals surface area contributed by atoms with E-state index in [1.54, 1.807) is 12.1 Å². The third kappa shape index (κ3) is 3.77. The molecule has 3 aromatic rings. The van der Waals surface area contributed by atoms with Gasteiger partial charge in [0, 0.05) is 17.1 Å². The third-order valence-electron chi connectivity index (χ3n) is 5.11. The zero-order valence-electron chi connectivity index (χ0n) is 15.6. The average Bonchev–Trinajstić information content (AvgIpc) is 2.95. The minimum Gasteiger partial charge on any atom is -0.508 e. The molecule has 0 amide bonds. The number of pyridine rings is 1. The van der Waals surface area contributed by atoms with E-state index in [4.69, 9.17) is 4.43 Å². The van der Waals surface area contributed by atoms with Crippen LogP contribution in [-0.4, -0.2) is 23.4 Å². The number of phenols is 1. The maximum atomic E-state index is 9.59. The van der Waals surface area contributed by atoms with Crippen molar-refractivity contribution in [3.8, 4) is 17.1 Å². The SMILES string of the molecule is CC(C)(C)[Si](C)(C)OCc1ccc(-c2cc3cc(O)ccc3[nH]2)nc1. The van der Waals surface area contributed by atoms with Gasteiger partial charge in [-0.1, -0.05) is 26.8 Å². The summed E-state index contributed by atoms with van der Waals surface area (Å²) >= 11 is 0. The number of H-pyrrole nitrogens is 1. The van der Waals surface area contributed by atoms with Crippen LogP contribution in [0.1, 0.15) is 26.3 Å². The van der Waals surface area contributed by atoms with Crippen molar-refractivity contribution in [1.29, 1.82) is 0 Å². The molecule has 0 bridgehead atoms. The smallest absolute Gasteiger partial charge is 0.192 e. The Balaban J connectivity index is 1.75. The average molecular weight is 355 g/mol. The van der Waals surface area contributed by atoms with E-state index in [0.717, 1.165) is 27.9 Å². The summed E-state index contributed by atoms with van der Waals surface area (Å²) in [5.41, 5.74) is 3.89. The van der Waals surface area contributed by atoms with Crippen LogP contribution in [0.15, 0.2) is 42.6 Å². The molecule has 0 unspecified atom stereocenters. The number of aromatic amines is 1. The Kier molecular flexibility index (Phi) is 4.47. The zero-order valence-corrected chi connectivity index (χ0v) is 16.6. The van der Waals surface area contributed by atoms with Crippen molar-refractivity contribution in [3.05, 3.63) is 48.2 Å². The lowest BCUT2D eigenvalue weighted by molar-refractivity contribution is 0.276. The molecule has 4 nitrogen and oxygen atoms in total. The Morgan fingerprint density at radius 2 is 1.88 bits per heavy atom. The molecule has 0 saturated heterocycles. The Morgan fingerprint density at radius 3 is 2.52 bits per heavy atom. The van der Waals surface area contributed by atoms with E-state index in [1.807, 2.05) is 24.4 Å². The molecule has 2 heterocycles. The number of hydrogen-bond donors (Lipinski definition) is 2. The predicted octanol–water partition coefficient (Wildman–Crippen LogP) is 5.46. The number of nitrogens with one attached hydrogen (secondary N) is 1. The van der Waals surface area contributed by atoms with E-state index < -0.39 is 8.32 Å². The van der Waals surface area contributed by atoms with Crippen molar-refractivity contribution < 1.29 is 9.53 Å². The van der Waals surface area contributed by atoms with Crippen LogP contribution in [0.4, 0.5) is 0 Å². The molecule has 0 aliphatic heterocycles. The number of phenolic OH excluding ortho intramolecular Hbond substituents is 1. The van der Waals surface area contributed by atoms with Crippen molar-refractivity contribution in [3.63, 3.8) is 0 Å². The summed E-state index contributed by atoms with van der Waals surface area (Å²) in [4.78, 5) is 7.91. The molecule has 132 valence electrons. The standard InChI is InChI=1S/C20H26N2O2Si/c1-20(2,3)25(4,5)24-13-14-6-8-18(21-12-14)19-11-15-10-16(23)7-9-17(15)22-19/h6-12,22-23H,13H2,1-5H3. The van der Waals surface area contributed by atoms with Crippen molar-refractivity contribution in [2.45, 2.75) is 45.5 Å². The highest BCUT2D eigenvalue weighted by atomic mass is 28.4. The molecule has 2 N–H and O–H groups in total. The van der Waals surface area contributed by atoms with Gasteiger partial charge in [0.05, 0.1) is 18.0 Å². The van der Waals surface area contributed by atoms with Crippen LogP contribution in [0.3, 0.4) is 0 Å². The van der Waals surface area contributed by atoms with Gasteiger partial charge in [-0.3, -0.25) is 4.98 Å². The molecule has 0 aliphatic rings. The van der Waals surface area contributed by atoms with Crippen LogP contribution >= 0.6 is 0 Å². The molecule has 3 rings (SSSR count). The fourth-order valence-electron chi connectivity index (χ4n) is 2.41. The van der Waals surface area contributed by atoms with Crippen molar-refractivity contribution in [2.24, 2.45) is 0 Å². The topological polar surface area (TPSA) is 58.1 Å². The van der Waals surface area contributed by atoms with Gasteiger partial charge in [0.15, 0.2) is 8.32 Å². The van der Waals surface area contributed by atoms with E-state index in [9.17, 15) is 5.11 Å². The monoisotopic (exact) mass is 354 g/mol. The summed E-state index contributed by atoms with van der Waals surface area (Å²) in [6.07, 6.45) is 1.88. The first-order valence-corrected chi connectivity index (χ1v) is 11.5. The van der Waals surface area contributed by atoms with E-state index in [0.29, 0.717) is 6.61 Å². The van der Waals surface area contributed by atoms with Crippen molar-refractivity contribution in [2.75, 3.05) is 0 Å². The first-order chi connectivity index (χ1) is 11.7. The fraction of sp³-hybridized carbons (Fsp3) is 0.350. The first-order valence-electron chi connectivity index (χ1n) is 8.57. The van der Waals surface area contributed by atoms with E-state index in [1.165, 1.54) is 0 Å². The van der Waals surface area contributed by atoms with Gasteiger partial charge in [0.2, 0.25) is 0 Å². The second-order valence-corrected chi connectivity index (χ2v) is 12.9. The van der Waals surface area contributed by atoms with E-state index >= 15 is 0 Å². The Morgan fingerprint density at radius 1 is 1.12 bits per heavy atom. The summed E-state index contributed by atoms with van der Waals surface area (Å²) in [7, 11) is -1.75. The normalized spacial score (nSPS) is 12.7. The van der Waals surface area contributed by atoms with Crippen LogP contribution in [0, 0.1) is 0 Å². The van der Waals surface area contributed by atoms with Crippen molar-refractivity contribution in [1.82, 2.24) is 9.97 Å². The predicted molar refractivity (Wildman–Crippen MR) is 105 cm³/mol. The van der Waals surface area contributed by atoms with Gasteiger partial charge in [-0.15, -0.1) is 0 Å². The number of hydrogen-bond acceptors (Lipinski definition) is 3. The molecule has 0 radical (unpaired) electrons. The molecule has 0 atom stereocenters.